The molecule has 2 aromatic heterocycles. The maximum absolute atomic E-state index is 5.63. The number of rotatable bonds is 1. The molecule has 2 aromatic rings. The van der Waals surface area contributed by atoms with Crippen LogP contribution in [0.4, 0.5) is 5.82 Å². The van der Waals surface area contributed by atoms with E-state index in [2.05, 4.69) is 15.1 Å². The average molecular weight is 189 g/mol. The molecule has 2 heterocycles. The second-order valence-corrected chi connectivity index (χ2v) is 3.13. The Kier molecular flexibility index (Phi) is 1.92. The van der Waals surface area contributed by atoms with Gasteiger partial charge in [0, 0.05) is 24.9 Å². The molecule has 72 valence electrons. The van der Waals surface area contributed by atoms with Crippen LogP contribution in [0.1, 0.15) is 5.82 Å². The molecular weight excluding hydrogens is 178 g/mol. The van der Waals surface area contributed by atoms with Crippen LogP contribution in [-0.4, -0.2) is 19.7 Å². The molecule has 5 nitrogen and oxygen atoms in total. The van der Waals surface area contributed by atoms with Gasteiger partial charge in [0.15, 0.2) is 0 Å². The quantitative estimate of drug-likeness (QED) is 0.719. The summed E-state index contributed by atoms with van der Waals surface area (Å²) in [5.41, 5.74) is 7.38. The standard InChI is InChI=1S/C9H11N5/c1-6-12-8(3-9(10)13-6)7-4-11-14(2)5-7/h3-5H,1-2H3,(H2,10,12,13). The molecule has 0 aliphatic heterocycles. The first-order chi connectivity index (χ1) is 6.65. The minimum Gasteiger partial charge on any atom is -0.384 e. The predicted octanol–water partition coefficient (Wildman–Crippen LogP) is 0.768. The lowest BCUT2D eigenvalue weighted by atomic mass is 10.2. The van der Waals surface area contributed by atoms with Crippen molar-refractivity contribution in [2.24, 2.45) is 7.05 Å². The molecule has 14 heavy (non-hydrogen) atoms. The van der Waals surface area contributed by atoms with Gasteiger partial charge in [-0.3, -0.25) is 4.68 Å². The van der Waals surface area contributed by atoms with E-state index in [0.29, 0.717) is 11.6 Å². The van der Waals surface area contributed by atoms with Crippen molar-refractivity contribution in [1.82, 2.24) is 19.7 Å². The van der Waals surface area contributed by atoms with E-state index in [9.17, 15) is 0 Å². The lowest BCUT2D eigenvalue weighted by Crippen LogP contribution is -1.96. The maximum atomic E-state index is 5.63. The Morgan fingerprint density at radius 2 is 2.14 bits per heavy atom. The lowest BCUT2D eigenvalue weighted by Gasteiger charge is -1.99. The normalized spacial score (nSPS) is 10.4. The Balaban J connectivity index is 2.51. The van der Waals surface area contributed by atoms with Crippen LogP contribution in [0.25, 0.3) is 11.3 Å². The molecule has 0 bridgehead atoms. The van der Waals surface area contributed by atoms with Gasteiger partial charge in [-0.25, -0.2) is 9.97 Å². The van der Waals surface area contributed by atoms with Crippen molar-refractivity contribution < 1.29 is 0 Å². The number of anilines is 1. The zero-order chi connectivity index (χ0) is 10.1. The number of nitrogens with zero attached hydrogens (tertiary/aromatic N) is 4. The van der Waals surface area contributed by atoms with Crippen molar-refractivity contribution in [2.45, 2.75) is 6.92 Å². The first kappa shape index (κ1) is 8.68. The second-order valence-electron chi connectivity index (χ2n) is 3.13. The summed E-state index contributed by atoms with van der Waals surface area (Å²) in [7, 11) is 1.86. The highest BCUT2D eigenvalue weighted by molar-refractivity contribution is 5.59. The van der Waals surface area contributed by atoms with Crippen LogP contribution in [-0.2, 0) is 7.05 Å². The average Bonchev–Trinajstić information content (AvgIpc) is 2.50. The molecule has 0 fully saturated rings. The Morgan fingerprint density at radius 3 is 2.71 bits per heavy atom. The fourth-order valence-corrected chi connectivity index (χ4v) is 1.29. The molecule has 0 spiro atoms. The van der Waals surface area contributed by atoms with Gasteiger partial charge in [0.2, 0.25) is 0 Å². The third-order valence-electron chi connectivity index (χ3n) is 1.86. The molecule has 2 rings (SSSR count). The summed E-state index contributed by atoms with van der Waals surface area (Å²) in [6, 6.07) is 1.74. The monoisotopic (exact) mass is 189 g/mol. The molecule has 0 atom stereocenters. The topological polar surface area (TPSA) is 69.6 Å². The van der Waals surface area contributed by atoms with E-state index in [1.165, 1.54) is 0 Å². The minimum atomic E-state index is 0.483. The minimum absolute atomic E-state index is 0.483. The van der Waals surface area contributed by atoms with E-state index in [-0.39, 0.29) is 0 Å². The van der Waals surface area contributed by atoms with Crippen molar-refractivity contribution >= 4 is 5.82 Å². The lowest BCUT2D eigenvalue weighted by molar-refractivity contribution is 0.768. The number of nitrogen functional groups attached to an aromatic ring is 1. The van der Waals surface area contributed by atoms with Gasteiger partial charge in [0.05, 0.1) is 11.9 Å². The summed E-state index contributed by atoms with van der Waals surface area (Å²) in [5.74, 6) is 1.15. The number of hydrogen-bond acceptors (Lipinski definition) is 4. The van der Waals surface area contributed by atoms with Gasteiger partial charge in [-0.1, -0.05) is 0 Å². The summed E-state index contributed by atoms with van der Waals surface area (Å²) >= 11 is 0. The Labute approximate surface area is 81.6 Å². The summed E-state index contributed by atoms with van der Waals surface area (Å²) < 4.78 is 1.73. The Morgan fingerprint density at radius 1 is 1.36 bits per heavy atom. The van der Waals surface area contributed by atoms with E-state index in [4.69, 9.17) is 5.73 Å². The zero-order valence-corrected chi connectivity index (χ0v) is 8.10. The number of nitrogens with two attached hydrogens (primary N) is 1. The van der Waals surface area contributed by atoms with Gasteiger partial charge in [0.25, 0.3) is 0 Å². The number of hydrogen-bond donors (Lipinski definition) is 1. The van der Waals surface area contributed by atoms with Crippen LogP contribution in [0, 0.1) is 6.92 Å². The van der Waals surface area contributed by atoms with Gasteiger partial charge < -0.3 is 5.73 Å². The molecule has 5 heteroatoms. The van der Waals surface area contributed by atoms with Crippen molar-refractivity contribution in [1.29, 1.82) is 0 Å². The zero-order valence-electron chi connectivity index (χ0n) is 8.10. The van der Waals surface area contributed by atoms with Crippen LogP contribution >= 0.6 is 0 Å². The van der Waals surface area contributed by atoms with Gasteiger partial charge in [-0.2, -0.15) is 5.10 Å². The number of aromatic nitrogens is 4. The molecule has 0 aromatic carbocycles. The summed E-state index contributed by atoms with van der Waals surface area (Å²) in [6.45, 7) is 1.82. The van der Waals surface area contributed by atoms with Crippen LogP contribution in [0.3, 0.4) is 0 Å². The third kappa shape index (κ3) is 1.56. The van der Waals surface area contributed by atoms with E-state index < -0.39 is 0 Å². The SMILES string of the molecule is Cc1nc(N)cc(-c2cnn(C)c2)n1. The molecule has 0 saturated carbocycles. The molecule has 0 amide bonds. The second kappa shape index (κ2) is 3.10. The molecule has 0 unspecified atom stereocenters. The summed E-state index contributed by atoms with van der Waals surface area (Å²) in [4.78, 5) is 8.28. The summed E-state index contributed by atoms with van der Waals surface area (Å²) in [6.07, 6.45) is 3.64. The first-order valence-electron chi connectivity index (χ1n) is 4.25. The van der Waals surface area contributed by atoms with Gasteiger partial charge in [-0.15, -0.1) is 0 Å². The smallest absolute Gasteiger partial charge is 0.128 e. The molecular formula is C9H11N5. The van der Waals surface area contributed by atoms with Gasteiger partial charge in [-0.05, 0) is 6.92 Å². The predicted molar refractivity (Wildman–Crippen MR) is 53.4 cm³/mol. The van der Waals surface area contributed by atoms with Crippen molar-refractivity contribution in [2.75, 3.05) is 5.73 Å². The van der Waals surface area contributed by atoms with Crippen molar-refractivity contribution in [3.63, 3.8) is 0 Å². The highest BCUT2D eigenvalue weighted by Gasteiger charge is 2.03. The highest BCUT2D eigenvalue weighted by atomic mass is 15.2. The maximum Gasteiger partial charge on any atom is 0.128 e. The number of aryl methyl sites for hydroxylation is 2. The fraction of sp³-hybridized carbons (Fsp3) is 0.222. The molecule has 0 radical (unpaired) electrons. The fourth-order valence-electron chi connectivity index (χ4n) is 1.29. The first-order valence-corrected chi connectivity index (χ1v) is 4.25. The van der Waals surface area contributed by atoms with E-state index in [1.807, 2.05) is 20.2 Å². The molecule has 0 aliphatic carbocycles. The van der Waals surface area contributed by atoms with Crippen LogP contribution in [0.15, 0.2) is 18.5 Å². The van der Waals surface area contributed by atoms with Crippen LogP contribution in [0.5, 0.6) is 0 Å². The highest BCUT2D eigenvalue weighted by Crippen LogP contribution is 2.17. The molecule has 2 N–H and O–H groups in total. The van der Waals surface area contributed by atoms with Crippen LogP contribution < -0.4 is 5.73 Å². The van der Waals surface area contributed by atoms with Crippen LogP contribution in [0.2, 0.25) is 0 Å². The van der Waals surface area contributed by atoms with Crippen molar-refractivity contribution in [3.05, 3.63) is 24.3 Å². The van der Waals surface area contributed by atoms with Gasteiger partial charge in [0.1, 0.15) is 11.6 Å². The Bertz CT molecular complexity index is 440. The molecule has 0 aliphatic rings. The van der Waals surface area contributed by atoms with Crippen molar-refractivity contribution in [3.8, 4) is 11.3 Å². The van der Waals surface area contributed by atoms with E-state index >= 15 is 0 Å². The van der Waals surface area contributed by atoms with E-state index in [0.717, 1.165) is 11.3 Å². The van der Waals surface area contributed by atoms with E-state index in [1.54, 1.807) is 16.9 Å². The van der Waals surface area contributed by atoms with Gasteiger partial charge >= 0.3 is 0 Å². The summed E-state index contributed by atoms with van der Waals surface area (Å²) in [5, 5.41) is 4.07. The third-order valence-corrected chi connectivity index (χ3v) is 1.86. The molecule has 0 saturated heterocycles. The Hall–Kier alpha value is -1.91. The largest absolute Gasteiger partial charge is 0.384 e.